The summed E-state index contributed by atoms with van der Waals surface area (Å²) in [6.07, 6.45) is 9.57. The summed E-state index contributed by atoms with van der Waals surface area (Å²) in [6, 6.07) is 3.80. The number of ketones is 1. The van der Waals surface area contributed by atoms with E-state index in [0.29, 0.717) is 41.3 Å². The average Bonchev–Trinajstić information content (AvgIpc) is 3.75. The van der Waals surface area contributed by atoms with Gasteiger partial charge in [-0.15, -0.1) is 15.3 Å². The van der Waals surface area contributed by atoms with Crippen molar-refractivity contribution < 1.29 is 9.59 Å². The van der Waals surface area contributed by atoms with Gasteiger partial charge in [0, 0.05) is 42.4 Å². The van der Waals surface area contributed by atoms with Crippen molar-refractivity contribution in [1.82, 2.24) is 54.4 Å². The number of pyridine rings is 1. The molecule has 1 unspecified atom stereocenters. The van der Waals surface area contributed by atoms with Gasteiger partial charge in [-0.2, -0.15) is 9.61 Å². The molecule has 40 heavy (non-hydrogen) atoms. The van der Waals surface area contributed by atoms with E-state index in [2.05, 4.69) is 35.3 Å². The molecule has 5 aromatic heterocycles. The van der Waals surface area contributed by atoms with Crippen LogP contribution >= 0.6 is 0 Å². The van der Waals surface area contributed by atoms with Crippen molar-refractivity contribution in [3.63, 3.8) is 0 Å². The number of hydrogen-bond acceptors (Lipinski definition) is 10. The molecule has 202 valence electrons. The molecule has 2 aliphatic heterocycles. The molecule has 1 amide bonds. The van der Waals surface area contributed by atoms with Gasteiger partial charge in [0.25, 0.3) is 5.91 Å². The van der Waals surface area contributed by atoms with Crippen LogP contribution in [-0.2, 0) is 7.05 Å². The molecule has 3 N–H and O–H groups in total. The van der Waals surface area contributed by atoms with Crippen molar-refractivity contribution in [3.8, 4) is 22.6 Å². The summed E-state index contributed by atoms with van der Waals surface area (Å²) in [6.45, 7) is 1.50. The second-order valence-corrected chi connectivity index (χ2v) is 10.4. The molecular weight excluding hydrogens is 512 g/mol. The SMILES string of the molecule is CC(=O)c1c(C2C[C@H]3CC[C@@H](C2)N3C(=O)c2nnc[nH]2)nc2c(-c3ccc(-c4ncn(C)n4)nc3)cnn2c1N. The smallest absolute Gasteiger partial charge is 0.292 e. The van der Waals surface area contributed by atoms with Gasteiger partial charge in [-0.1, -0.05) is 6.07 Å². The summed E-state index contributed by atoms with van der Waals surface area (Å²) < 4.78 is 3.14. The molecular formula is C26H26N12O2. The maximum absolute atomic E-state index is 13.1. The summed E-state index contributed by atoms with van der Waals surface area (Å²) in [5, 5.41) is 16.4. The normalized spacial score (nSPS) is 20.4. The number of rotatable bonds is 5. The first-order chi connectivity index (χ1) is 19.4. The zero-order valence-electron chi connectivity index (χ0n) is 21.9. The van der Waals surface area contributed by atoms with Crippen LogP contribution in [0.5, 0.6) is 0 Å². The van der Waals surface area contributed by atoms with E-state index < -0.39 is 0 Å². The number of H-pyrrole nitrogens is 1. The number of amides is 1. The zero-order valence-corrected chi connectivity index (χ0v) is 21.9. The van der Waals surface area contributed by atoms with E-state index in [9.17, 15) is 9.59 Å². The Kier molecular flexibility index (Phi) is 5.43. The average molecular weight is 539 g/mol. The number of anilines is 1. The molecule has 14 nitrogen and oxygen atoms in total. The van der Waals surface area contributed by atoms with Crippen molar-refractivity contribution in [2.75, 3.05) is 5.73 Å². The number of aromatic amines is 1. The van der Waals surface area contributed by atoms with E-state index in [4.69, 9.17) is 10.7 Å². The predicted molar refractivity (Wildman–Crippen MR) is 142 cm³/mol. The number of Topliss-reactive ketones (excluding diaryl/α,β-unsaturated/α-hetero) is 1. The van der Waals surface area contributed by atoms with Crippen LogP contribution in [-0.4, -0.2) is 78.2 Å². The highest BCUT2D eigenvalue weighted by molar-refractivity contribution is 6.00. The number of nitrogens with one attached hydrogen (secondary N) is 1. The van der Waals surface area contributed by atoms with Crippen molar-refractivity contribution in [3.05, 3.63) is 54.3 Å². The number of nitrogens with zero attached hydrogens (tertiary/aromatic N) is 10. The molecule has 7 heterocycles. The number of carbonyl (C=O) groups is 2. The van der Waals surface area contributed by atoms with Gasteiger partial charge in [0.1, 0.15) is 24.2 Å². The fraction of sp³-hybridized carbons (Fsp3) is 0.346. The van der Waals surface area contributed by atoms with Crippen molar-refractivity contribution in [2.45, 2.75) is 50.6 Å². The van der Waals surface area contributed by atoms with Gasteiger partial charge in [0.15, 0.2) is 17.3 Å². The minimum absolute atomic E-state index is 0.0155. The molecule has 2 fully saturated rings. The lowest BCUT2D eigenvalue weighted by atomic mass is 9.85. The highest BCUT2D eigenvalue weighted by atomic mass is 16.2. The minimum atomic E-state index is -0.166. The summed E-state index contributed by atoms with van der Waals surface area (Å²) in [5.74, 6) is 0.682. The first-order valence-electron chi connectivity index (χ1n) is 13.1. The van der Waals surface area contributed by atoms with Gasteiger partial charge in [-0.05, 0) is 38.7 Å². The molecule has 2 bridgehead atoms. The number of hydrogen-bond donors (Lipinski definition) is 2. The van der Waals surface area contributed by atoms with E-state index in [1.807, 2.05) is 17.0 Å². The minimum Gasteiger partial charge on any atom is -0.383 e. The number of nitrogen functional groups attached to an aromatic ring is 1. The lowest BCUT2D eigenvalue weighted by Crippen LogP contribution is -2.46. The van der Waals surface area contributed by atoms with Gasteiger partial charge in [-0.25, -0.2) is 9.97 Å². The Bertz CT molecular complexity index is 1740. The Balaban J connectivity index is 1.26. The van der Waals surface area contributed by atoms with E-state index in [1.54, 1.807) is 30.5 Å². The maximum atomic E-state index is 13.1. The van der Waals surface area contributed by atoms with Crippen LogP contribution in [0, 0.1) is 0 Å². The third-order valence-corrected chi connectivity index (χ3v) is 7.94. The highest BCUT2D eigenvalue weighted by Crippen LogP contribution is 2.45. The lowest BCUT2D eigenvalue weighted by molar-refractivity contribution is 0.0556. The first-order valence-corrected chi connectivity index (χ1v) is 13.1. The van der Waals surface area contributed by atoms with Crippen LogP contribution in [0.4, 0.5) is 5.82 Å². The predicted octanol–water partition coefficient (Wildman–Crippen LogP) is 2.04. The Morgan fingerprint density at radius 2 is 1.90 bits per heavy atom. The summed E-state index contributed by atoms with van der Waals surface area (Å²) in [4.78, 5) is 44.6. The topological polar surface area (TPSA) is 179 Å². The molecule has 7 rings (SSSR count). The van der Waals surface area contributed by atoms with Crippen LogP contribution < -0.4 is 5.73 Å². The van der Waals surface area contributed by atoms with E-state index in [1.165, 1.54) is 17.8 Å². The molecule has 2 aliphatic rings. The molecule has 0 radical (unpaired) electrons. The number of fused-ring (bicyclic) bond motifs is 3. The van der Waals surface area contributed by atoms with Crippen molar-refractivity contribution in [1.29, 1.82) is 0 Å². The Labute approximate surface area is 227 Å². The molecule has 0 aromatic carbocycles. The quantitative estimate of drug-likeness (QED) is 0.315. The summed E-state index contributed by atoms with van der Waals surface area (Å²) >= 11 is 0. The maximum Gasteiger partial charge on any atom is 0.292 e. The molecule has 5 aromatic rings. The van der Waals surface area contributed by atoms with Crippen LogP contribution in [0.1, 0.15) is 65.2 Å². The summed E-state index contributed by atoms with van der Waals surface area (Å²) in [7, 11) is 1.80. The number of aryl methyl sites for hydroxylation is 1. The van der Waals surface area contributed by atoms with Gasteiger partial charge in [0.2, 0.25) is 5.82 Å². The molecule has 0 saturated carbocycles. The number of nitrogens with two attached hydrogens (primary N) is 1. The second-order valence-electron chi connectivity index (χ2n) is 10.4. The third-order valence-electron chi connectivity index (χ3n) is 7.94. The first kappa shape index (κ1) is 24.1. The highest BCUT2D eigenvalue weighted by Gasteiger charge is 2.45. The van der Waals surface area contributed by atoms with Crippen molar-refractivity contribution in [2.24, 2.45) is 7.05 Å². The monoisotopic (exact) mass is 538 g/mol. The van der Waals surface area contributed by atoms with Gasteiger partial charge >= 0.3 is 0 Å². The number of aromatic nitrogens is 10. The Hall–Kier alpha value is -5.01. The van der Waals surface area contributed by atoms with Crippen molar-refractivity contribution >= 4 is 23.2 Å². The van der Waals surface area contributed by atoms with E-state index in [-0.39, 0.29) is 41.3 Å². The number of carbonyl (C=O) groups excluding carboxylic acids is 2. The molecule has 2 saturated heterocycles. The largest absolute Gasteiger partial charge is 0.383 e. The fourth-order valence-electron chi connectivity index (χ4n) is 6.20. The molecule has 0 aliphatic carbocycles. The standard InChI is InChI=1S/C26H26N12O2/c1-13(39)20-21(15-7-16-4-5-17(8-15)37(16)26(40)24-29-11-31-34-24)33-25-18(10-32-38(25)22(20)27)14-3-6-19(28-9-14)23-30-12-36(2)35-23/h3,6,9-12,15-17H,4-5,7-8,27H2,1-2H3,(H,29,31,34)/t15?,16-,17+. The fourth-order valence-corrected chi connectivity index (χ4v) is 6.20. The van der Waals surface area contributed by atoms with Gasteiger partial charge in [0.05, 0.1) is 17.5 Å². The lowest BCUT2D eigenvalue weighted by Gasteiger charge is -2.38. The van der Waals surface area contributed by atoms with Crippen LogP contribution in [0.3, 0.4) is 0 Å². The Morgan fingerprint density at radius 3 is 2.52 bits per heavy atom. The van der Waals surface area contributed by atoms with Crippen LogP contribution in [0.2, 0.25) is 0 Å². The Morgan fingerprint density at radius 1 is 1.10 bits per heavy atom. The second kappa shape index (κ2) is 9.03. The van der Waals surface area contributed by atoms with E-state index in [0.717, 1.165) is 24.0 Å². The van der Waals surface area contributed by atoms with Crippen LogP contribution in [0.25, 0.3) is 28.3 Å². The summed E-state index contributed by atoms with van der Waals surface area (Å²) in [5.41, 5.74) is 10.4. The third kappa shape index (κ3) is 3.74. The molecule has 0 spiro atoms. The molecule has 3 atom stereocenters. The number of piperidine rings is 1. The zero-order chi connectivity index (χ0) is 27.5. The molecule has 14 heteroatoms. The van der Waals surface area contributed by atoms with E-state index >= 15 is 0 Å². The van der Waals surface area contributed by atoms with Gasteiger partial charge in [-0.3, -0.25) is 19.3 Å². The van der Waals surface area contributed by atoms with Crippen LogP contribution in [0.15, 0.2) is 37.2 Å². The van der Waals surface area contributed by atoms with Gasteiger partial charge < -0.3 is 15.6 Å².